The Morgan fingerprint density at radius 1 is 1.33 bits per heavy atom. The topological polar surface area (TPSA) is 84.1 Å². The Labute approximate surface area is 168 Å². The van der Waals surface area contributed by atoms with Crippen LogP contribution in [0.2, 0.25) is 0 Å². The third kappa shape index (κ3) is 3.80. The predicted octanol–water partition coefficient (Wildman–Crippen LogP) is 3.54. The summed E-state index contributed by atoms with van der Waals surface area (Å²) in [7, 11) is 0. The zero-order valence-corrected chi connectivity index (χ0v) is 17.6. The van der Waals surface area contributed by atoms with E-state index in [4.69, 9.17) is 4.74 Å². The van der Waals surface area contributed by atoms with E-state index in [1.54, 1.807) is 0 Å². The van der Waals surface area contributed by atoms with Crippen molar-refractivity contribution in [2.75, 3.05) is 13.2 Å². The number of ether oxygens (including phenoxy) is 1. The summed E-state index contributed by atoms with van der Waals surface area (Å²) >= 11 is 4.00. The molecule has 1 aromatic rings. The van der Waals surface area contributed by atoms with Gasteiger partial charge in [-0.3, -0.25) is 9.89 Å². The maximum Gasteiger partial charge on any atom is 0.342 e. The summed E-state index contributed by atoms with van der Waals surface area (Å²) in [6.45, 7) is 4.38. The molecule has 0 aliphatic heterocycles. The Hall–Kier alpha value is -1.37. The minimum absolute atomic E-state index is 0.136. The Balaban J connectivity index is 1.29. The van der Waals surface area contributed by atoms with Crippen molar-refractivity contribution in [3.8, 4) is 0 Å². The van der Waals surface area contributed by atoms with E-state index in [0.29, 0.717) is 12.1 Å². The van der Waals surface area contributed by atoms with Crippen molar-refractivity contribution in [3.05, 3.63) is 17.5 Å². The maximum atomic E-state index is 12.3. The fourth-order valence-electron chi connectivity index (χ4n) is 5.99. The quantitative estimate of drug-likeness (QED) is 0.526. The highest BCUT2D eigenvalue weighted by molar-refractivity contribution is 9.10. The number of aromatic amines is 1. The highest BCUT2D eigenvalue weighted by Gasteiger charge is 2.56. The molecule has 4 aliphatic rings. The number of alkyl halides is 1. The zero-order chi connectivity index (χ0) is 19.2. The number of aromatic nitrogens is 2. The third-order valence-corrected chi connectivity index (χ3v) is 7.50. The van der Waals surface area contributed by atoms with Crippen LogP contribution in [0.25, 0.3) is 0 Å². The summed E-state index contributed by atoms with van der Waals surface area (Å²) in [4.78, 5) is 24.5. The third-order valence-electron chi connectivity index (χ3n) is 6.57. The lowest BCUT2D eigenvalue weighted by atomic mass is 9.49. The Morgan fingerprint density at radius 2 is 2.04 bits per heavy atom. The summed E-state index contributed by atoms with van der Waals surface area (Å²) in [6.07, 6.45) is 8.93. The fraction of sp³-hybridized carbons (Fsp3) is 0.750. The van der Waals surface area contributed by atoms with Gasteiger partial charge < -0.3 is 10.1 Å². The molecule has 4 saturated carbocycles. The van der Waals surface area contributed by atoms with E-state index in [1.165, 1.54) is 38.3 Å². The van der Waals surface area contributed by atoms with Crippen molar-refractivity contribution in [3.63, 3.8) is 0 Å². The van der Waals surface area contributed by atoms with Gasteiger partial charge in [0.05, 0.1) is 11.9 Å². The molecular formula is C20H28BrN3O3. The van der Waals surface area contributed by atoms with Crippen molar-refractivity contribution in [1.82, 2.24) is 15.5 Å². The first-order valence-electron chi connectivity index (χ1n) is 9.94. The molecule has 0 spiro atoms. The Morgan fingerprint density at radius 3 is 2.67 bits per heavy atom. The van der Waals surface area contributed by atoms with Crippen LogP contribution in [-0.4, -0.2) is 39.5 Å². The van der Waals surface area contributed by atoms with Crippen LogP contribution in [0.4, 0.5) is 0 Å². The van der Waals surface area contributed by atoms with Crippen LogP contribution in [0.1, 0.15) is 74.3 Å². The summed E-state index contributed by atoms with van der Waals surface area (Å²) in [6, 6.07) is 0. The highest BCUT2D eigenvalue weighted by atomic mass is 79.9. The molecule has 0 aromatic carbocycles. The molecule has 27 heavy (non-hydrogen) atoms. The number of nitrogens with zero attached hydrogens (tertiary/aromatic N) is 1. The average molecular weight is 438 g/mol. The molecule has 0 unspecified atom stereocenters. The van der Waals surface area contributed by atoms with Gasteiger partial charge in [0, 0.05) is 10.9 Å². The van der Waals surface area contributed by atoms with Gasteiger partial charge in [-0.2, -0.15) is 5.10 Å². The van der Waals surface area contributed by atoms with Crippen LogP contribution in [0.15, 0.2) is 6.20 Å². The van der Waals surface area contributed by atoms with Gasteiger partial charge in [0.2, 0.25) is 0 Å². The first-order valence-corrected chi connectivity index (χ1v) is 10.7. The van der Waals surface area contributed by atoms with Gasteiger partial charge in [-0.1, -0.05) is 29.8 Å². The molecular weight excluding hydrogens is 410 g/mol. The molecule has 1 heterocycles. The van der Waals surface area contributed by atoms with Gasteiger partial charge in [-0.15, -0.1) is 0 Å². The van der Waals surface area contributed by atoms with E-state index in [-0.39, 0.29) is 28.2 Å². The molecule has 0 radical (unpaired) electrons. The number of rotatable bonds is 6. The minimum Gasteiger partial charge on any atom is -0.452 e. The summed E-state index contributed by atoms with van der Waals surface area (Å²) in [5.74, 6) is 0.984. The van der Waals surface area contributed by atoms with Gasteiger partial charge in [0.1, 0.15) is 5.56 Å². The van der Waals surface area contributed by atoms with Crippen LogP contribution < -0.4 is 5.32 Å². The number of hydrogen-bond acceptors (Lipinski definition) is 4. The van der Waals surface area contributed by atoms with Gasteiger partial charge in [-0.25, -0.2) is 4.79 Å². The van der Waals surface area contributed by atoms with Gasteiger partial charge >= 0.3 is 5.97 Å². The number of H-pyrrole nitrogens is 1. The lowest BCUT2D eigenvalue weighted by molar-refractivity contribution is -0.126. The molecule has 148 valence electrons. The maximum absolute atomic E-state index is 12.3. The van der Waals surface area contributed by atoms with Gasteiger partial charge in [0.15, 0.2) is 6.61 Å². The molecule has 5 rings (SSSR count). The molecule has 4 bridgehead atoms. The molecule has 1 amide bonds. The molecule has 6 nitrogen and oxygen atoms in total. The second-order valence-electron chi connectivity index (χ2n) is 9.32. The first-order chi connectivity index (χ1) is 12.8. The molecule has 2 N–H and O–H groups in total. The van der Waals surface area contributed by atoms with Gasteiger partial charge in [0.25, 0.3) is 5.91 Å². The van der Waals surface area contributed by atoms with Gasteiger partial charge in [-0.05, 0) is 61.7 Å². The molecule has 2 atom stereocenters. The molecule has 0 saturated heterocycles. The van der Waals surface area contributed by atoms with Crippen LogP contribution >= 0.6 is 15.9 Å². The Kier molecular flexibility index (Phi) is 4.85. The smallest absolute Gasteiger partial charge is 0.342 e. The molecule has 4 aliphatic carbocycles. The minimum atomic E-state index is -0.503. The van der Waals surface area contributed by atoms with Crippen molar-refractivity contribution in [1.29, 1.82) is 0 Å². The fourth-order valence-corrected chi connectivity index (χ4v) is 7.50. The SMILES string of the molecule is CC(C)c1[nH]ncc1C(=O)OCC(=O)NCC12C[C@H]3C[C@@H](CC(Br)(C3)C1)C2. The Bertz CT molecular complexity index is 731. The van der Waals surface area contributed by atoms with E-state index in [9.17, 15) is 9.59 Å². The second-order valence-corrected chi connectivity index (χ2v) is 11.0. The van der Waals surface area contributed by atoms with E-state index < -0.39 is 5.97 Å². The number of esters is 1. The number of nitrogens with one attached hydrogen (secondary N) is 2. The monoisotopic (exact) mass is 437 g/mol. The van der Waals surface area contributed by atoms with Crippen molar-refractivity contribution in [2.24, 2.45) is 17.3 Å². The lowest BCUT2D eigenvalue weighted by Gasteiger charge is -2.60. The first kappa shape index (κ1) is 19.0. The molecule has 1 aromatic heterocycles. The number of hydrogen-bond donors (Lipinski definition) is 2. The van der Waals surface area contributed by atoms with Crippen LogP contribution in [0.3, 0.4) is 0 Å². The van der Waals surface area contributed by atoms with Crippen molar-refractivity contribution in [2.45, 2.75) is 62.6 Å². The van der Waals surface area contributed by atoms with Crippen molar-refractivity contribution < 1.29 is 14.3 Å². The number of halogens is 1. The number of carbonyl (C=O) groups is 2. The largest absolute Gasteiger partial charge is 0.452 e. The van der Waals surface area contributed by atoms with Crippen LogP contribution in [0.5, 0.6) is 0 Å². The van der Waals surface area contributed by atoms with E-state index in [1.807, 2.05) is 13.8 Å². The van der Waals surface area contributed by atoms with Crippen LogP contribution in [0, 0.1) is 17.3 Å². The number of amides is 1. The summed E-state index contributed by atoms with van der Waals surface area (Å²) in [5.41, 5.74) is 1.35. The predicted molar refractivity (Wildman–Crippen MR) is 105 cm³/mol. The lowest BCUT2D eigenvalue weighted by Crippen LogP contribution is -2.56. The average Bonchev–Trinajstić information content (AvgIpc) is 3.06. The van der Waals surface area contributed by atoms with E-state index >= 15 is 0 Å². The summed E-state index contributed by atoms with van der Waals surface area (Å²) in [5, 5.41) is 9.77. The van der Waals surface area contributed by atoms with E-state index in [0.717, 1.165) is 24.0 Å². The molecule has 4 fully saturated rings. The number of carbonyl (C=O) groups excluding carboxylic acids is 2. The normalized spacial score (nSPS) is 34.1. The van der Waals surface area contributed by atoms with Crippen LogP contribution in [-0.2, 0) is 9.53 Å². The zero-order valence-electron chi connectivity index (χ0n) is 16.0. The standard InChI is InChI=1S/C20H28BrN3O3/c1-12(2)17-15(8-23-24-17)18(26)27-9-16(25)22-11-19-4-13-3-14(5-19)7-20(21,6-13)10-19/h8,12-14H,3-7,9-11H2,1-2H3,(H,22,25)(H,23,24)/t13-,14-,19?,20?/m1/s1. The highest BCUT2D eigenvalue weighted by Crippen LogP contribution is 2.64. The van der Waals surface area contributed by atoms with Crippen molar-refractivity contribution >= 4 is 27.8 Å². The molecule has 7 heteroatoms. The van der Waals surface area contributed by atoms with E-state index in [2.05, 4.69) is 31.4 Å². The second kappa shape index (κ2) is 6.90. The summed E-state index contributed by atoms with van der Waals surface area (Å²) < 4.78 is 5.49.